The Hall–Kier alpha value is -2.68. The molecule has 0 unspecified atom stereocenters. The molecule has 1 aromatic heterocycles. The highest BCUT2D eigenvalue weighted by Crippen LogP contribution is 2.30. The highest BCUT2D eigenvalue weighted by molar-refractivity contribution is 6.09. The van der Waals surface area contributed by atoms with Crippen LogP contribution in [0, 0.1) is 0 Å². The predicted molar refractivity (Wildman–Crippen MR) is 89.2 cm³/mol. The maximum absolute atomic E-state index is 12.7. The normalized spacial score (nSPS) is 10.8. The molecule has 0 aliphatic carbocycles. The molecular formula is C19H17NO2. The quantitative estimate of drug-likeness (QED) is 0.689. The molecular weight excluding hydrogens is 274 g/mol. The molecule has 0 radical (unpaired) electrons. The molecule has 3 heteroatoms. The predicted octanol–water partition coefficient (Wildman–Crippen LogP) is 3.80. The summed E-state index contributed by atoms with van der Waals surface area (Å²) >= 11 is 0. The highest BCUT2D eigenvalue weighted by Gasteiger charge is 2.20. The summed E-state index contributed by atoms with van der Waals surface area (Å²) in [6.45, 7) is 1.78. The zero-order valence-electron chi connectivity index (χ0n) is 12.7. The number of carbonyl (C=O) groups excluding carboxylic acids is 1. The number of aryl methyl sites for hydroxylation is 1. The number of hydrogen-bond acceptors (Lipinski definition) is 2. The number of hydrogen-bond donors (Lipinski definition) is 0. The first-order chi connectivity index (χ1) is 10.6. The van der Waals surface area contributed by atoms with Crippen molar-refractivity contribution >= 4 is 16.7 Å². The van der Waals surface area contributed by atoms with Crippen LogP contribution in [-0.4, -0.2) is 10.4 Å². The maximum atomic E-state index is 12.7. The summed E-state index contributed by atoms with van der Waals surface area (Å²) in [5.74, 6) is -0.120. The van der Waals surface area contributed by atoms with Crippen molar-refractivity contribution in [3.8, 4) is 11.1 Å². The zero-order valence-corrected chi connectivity index (χ0v) is 12.7. The first-order valence-electron chi connectivity index (χ1n) is 7.35. The second kappa shape index (κ2) is 5.60. The Bertz CT molecular complexity index is 908. The Morgan fingerprint density at radius 1 is 1.00 bits per heavy atom. The van der Waals surface area contributed by atoms with Crippen molar-refractivity contribution in [2.45, 2.75) is 13.3 Å². The molecule has 0 aliphatic heterocycles. The molecule has 1 heterocycles. The van der Waals surface area contributed by atoms with E-state index in [2.05, 4.69) is 0 Å². The summed E-state index contributed by atoms with van der Waals surface area (Å²) in [4.78, 5) is 25.1. The monoisotopic (exact) mass is 291 g/mol. The molecule has 3 nitrogen and oxygen atoms in total. The number of carbonyl (C=O) groups is 1. The number of ketones is 1. The number of rotatable bonds is 3. The van der Waals surface area contributed by atoms with Crippen LogP contribution in [0.3, 0.4) is 0 Å². The van der Waals surface area contributed by atoms with E-state index in [0.717, 1.165) is 22.0 Å². The molecule has 3 rings (SSSR count). The Kier molecular flexibility index (Phi) is 3.63. The number of fused-ring (bicyclic) bond motifs is 1. The number of nitrogens with zero attached hydrogens (tertiary/aromatic N) is 1. The van der Waals surface area contributed by atoms with Crippen molar-refractivity contribution in [1.29, 1.82) is 0 Å². The van der Waals surface area contributed by atoms with Crippen molar-refractivity contribution in [2.75, 3.05) is 0 Å². The van der Waals surface area contributed by atoms with Crippen LogP contribution in [0.25, 0.3) is 22.0 Å². The van der Waals surface area contributed by atoms with Gasteiger partial charge in [-0.3, -0.25) is 9.59 Å². The van der Waals surface area contributed by atoms with E-state index in [0.29, 0.717) is 6.42 Å². The third-order valence-electron chi connectivity index (χ3n) is 3.97. The Morgan fingerprint density at radius 3 is 2.32 bits per heavy atom. The topological polar surface area (TPSA) is 39.1 Å². The third kappa shape index (κ3) is 2.15. The van der Waals surface area contributed by atoms with E-state index in [1.807, 2.05) is 54.6 Å². The van der Waals surface area contributed by atoms with Gasteiger partial charge in [-0.2, -0.15) is 0 Å². The van der Waals surface area contributed by atoms with Crippen LogP contribution in [0.5, 0.6) is 0 Å². The van der Waals surface area contributed by atoms with Crippen LogP contribution in [-0.2, 0) is 7.05 Å². The van der Waals surface area contributed by atoms with Gasteiger partial charge in [-0.05, 0) is 11.6 Å². The second-order valence-electron chi connectivity index (χ2n) is 5.27. The van der Waals surface area contributed by atoms with E-state index >= 15 is 0 Å². The molecule has 0 fully saturated rings. The van der Waals surface area contributed by atoms with E-state index in [1.165, 1.54) is 0 Å². The molecule has 2 aromatic carbocycles. The van der Waals surface area contributed by atoms with E-state index in [-0.39, 0.29) is 16.9 Å². The second-order valence-corrected chi connectivity index (χ2v) is 5.27. The summed E-state index contributed by atoms with van der Waals surface area (Å²) in [7, 11) is 1.71. The van der Waals surface area contributed by atoms with Gasteiger partial charge in [-0.15, -0.1) is 0 Å². The molecule has 3 aromatic rings. The van der Waals surface area contributed by atoms with E-state index in [9.17, 15) is 9.59 Å². The van der Waals surface area contributed by atoms with Gasteiger partial charge in [0.2, 0.25) is 0 Å². The van der Waals surface area contributed by atoms with Crippen LogP contribution in [0.4, 0.5) is 0 Å². The molecule has 0 N–H and O–H groups in total. The molecule has 110 valence electrons. The SMILES string of the molecule is CCC(=O)c1c(-c2ccccc2)c2ccccc2n(C)c1=O. The van der Waals surface area contributed by atoms with Crippen LogP contribution in [0.1, 0.15) is 23.7 Å². The first-order valence-corrected chi connectivity index (χ1v) is 7.35. The lowest BCUT2D eigenvalue weighted by Crippen LogP contribution is -2.25. The van der Waals surface area contributed by atoms with Gasteiger partial charge in [0.05, 0.1) is 11.1 Å². The molecule has 0 aliphatic rings. The van der Waals surface area contributed by atoms with Gasteiger partial charge in [-0.1, -0.05) is 55.5 Å². The largest absolute Gasteiger partial charge is 0.311 e. The fourth-order valence-electron chi connectivity index (χ4n) is 2.84. The maximum Gasteiger partial charge on any atom is 0.262 e. The minimum absolute atomic E-state index is 0.120. The molecule has 0 spiro atoms. The molecule has 0 saturated heterocycles. The highest BCUT2D eigenvalue weighted by atomic mass is 16.1. The Labute approximate surface area is 128 Å². The van der Waals surface area contributed by atoms with Crippen LogP contribution < -0.4 is 5.56 Å². The summed E-state index contributed by atoms with van der Waals surface area (Å²) in [5.41, 5.74) is 2.53. The number of benzene rings is 2. The molecule has 0 saturated carbocycles. The lowest BCUT2D eigenvalue weighted by Gasteiger charge is -2.15. The third-order valence-corrected chi connectivity index (χ3v) is 3.97. The fraction of sp³-hybridized carbons (Fsp3) is 0.158. The van der Waals surface area contributed by atoms with Crippen molar-refractivity contribution in [2.24, 2.45) is 7.05 Å². The summed E-state index contributed by atoms with van der Waals surface area (Å²) in [6.07, 6.45) is 0.313. The average molecular weight is 291 g/mol. The minimum atomic E-state index is -0.232. The summed E-state index contributed by atoms with van der Waals surface area (Å²) < 4.78 is 1.56. The summed E-state index contributed by atoms with van der Waals surface area (Å²) in [5, 5.41) is 0.924. The van der Waals surface area contributed by atoms with Crippen LogP contribution in [0.15, 0.2) is 59.4 Å². The van der Waals surface area contributed by atoms with Crippen LogP contribution in [0.2, 0.25) is 0 Å². The van der Waals surface area contributed by atoms with Crippen molar-refractivity contribution in [3.63, 3.8) is 0 Å². The minimum Gasteiger partial charge on any atom is -0.311 e. The number of para-hydroxylation sites is 1. The smallest absolute Gasteiger partial charge is 0.262 e. The Morgan fingerprint density at radius 2 is 1.64 bits per heavy atom. The zero-order chi connectivity index (χ0) is 15.7. The number of aromatic nitrogens is 1. The van der Waals surface area contributed by atoms with Gasteiger partial charge in [0, 0.05) is 24.4 Å². The number of Topliss-reactive ketones (excluding diaryl/α,β-unsaturated/α-hetero) is 1. The van der Waals surface area contributed by atoms with Gasteiger partial charge in [0.25, 0.3) is 5.56 Å². The molecule has 0 atom stereocenters. The van der Waals surface area contributed by atoms with Gasteiger partial charge < -0.3 is 4.57 Å². The van der Waals surface area contributed by atoms with Crippen molar-refractivity contribution in [1.82, 2.24) is 4.57 Å². The van der Waals surface area contributed by atoms with Crippen molar-refractivity contribution in [3.05, 3.63) is 70.5 Å². The first kappa shape index (κ1) is 14.3. The van der Waals surface area contributed by atoms with E-state index in [4.69, 9.17) is 0 Å². The molecule has 0 bridgehead atoms. The lowest BCUT2D eigenvalue weighted by molar-refractivity contribution is 0.0987. The van der Waals surface area contributed by atoms with Crippen LogP contribution >= 0.6 is 0 Å². The van der Waals surface area contributed by atoms with E-state index in [1.54, 1.807) is 18.5 Å². The lowest BCUT2D eigenvalue weighted by atomic mass is 9.93. The van der Waals surface area contributed by atoms with Gasteiger partial charge in [0.15, 0.2) is 5.78 Å². The van der Waals surface area contributed by atoms with E-state index < -0.39 is 0 Å². The standard InChI is InChI=1S/C19H17NO2/c1-3-16(21)18-17(13-9-5-4-6-10-13)14-11-7-8-12-15(14)20(2)19(18)22/h4-12H,3H2,1-2H3. The van der Waals surface area contributed by atoms with Gasteiger partial charge >= 0.3 is 0 Å². The average Bonchev–Trinajstić information content (AvgIpc) is 2.58. The fourth-order valence-corrected chi connectivity index (χ4v) is 2.84. The molecule has 22 heavy (non-hydrogen) atoms. The molecule has 0 amide bonds. The van der Waals surface area contributed by atoms with Gasteiger partial charge in [0.1, 0.15) is 0 Å². The van der Waals surface area contributed by atoms with Crippen molar-refractivity contribution < 1.29 is 4.79 Å². The van der Waals surface area contributed by atoms with Gasteiger partial charge in [-0.25, -0.2) is 0 Å². The number of pyridine rings is 1. The Balaban J connectivity index is 2.54. The summed E-state index contributed by atoms with van der Waals surface area (Å²) in [6, 6.07) is 17.3.